The van der Waals surface area contributed by atoms with E-state index in [1.165, 1.54) is 21.8 Å². The van der Waals surface area contributed by atoms with Crippen LogP contribution in [0.1, 0.15) is 10.4 Å². The average molecular weight is 245 g/mol. The molecular formula is C9H9ClN2S2. The van der Waals surface area contributed by atoms with Gasteiger partial charge in [-0.15, -0.1) is 22.7 Å². The van der Waals surface area contributed by atoms with E-state index >= 15 is 0 Å². The zero-order valence-electron chi connectivity index (χ0n) is 7.58. The van der Waals surface area contributed by atoms with E-state index in [-0.39, 0.29) is 0 Å². The number of thiophene rings is 1. The monoisotopic (exact) mass is 244 g/mol. The Bertz CT molecular complexity index is 422. The quantitative estimate of drug-likeness (QED) is 0.889. The molecule has 0 aliphatic heterocycles. The highest BCUT2D eigenvalue weighted by Gasteiger charge is 2.01. The first-order valence-electron chi connectivity index (χ1n) is 4.13. The second-order valence-electron chi connectivity index (χ2n) is 2.87. The van der Waals surface area contributed by atoms with Crippen LogP contribution >= 0.6 is 34.3 Å². The van der Waals surface area contributed by atoms with E-state index in [2.05, 4.69) is 28.7 Å². The van der Waals surface area contributed by atoms with Crippen LogP contribution in [0.3, 0.4) is 0 Å². The number of aromatic nitrogens is 1. The molecule has 1 N–H and O–H groups in total. The lowest BCUT2D eigenvalue weighted by Crippen LogP contribution is -1.98. The van der Waals surface area contributed by atoms with Crippen molar-refractivity contribution in [1.82, 2.24) is 4.98 Å². The Morgan fingerprint density at radius 1 is 1.50 bits per heavy atom. The summed E-state index contributed by atoms with van der Waals surface area (Å²) in [5.74, 6) is 0.854. The molecule has 0 amide bonds. The molecule has 2 heterocycles. The number of anilines is 1. The van der Waals surface area contributed by atoms with Gasteiger partial charge in [-0.3, -0.25) is 0 Å². The highest BCUT2D eigenvalue weighted by atomic mass is 35.5. The minimum atomic E-state index is 0.579. The van der Waals surface area contributed by atoms with E-state index in [1.54, 1.807) is 11.3 Å². The summed E-state index contributed by atoms with van der Waals surface area (Å²) < 4.78 is 0.579. The SMILES string of the molecule is Cc1ccsc1CNc1csc(Cl)n1. The van der Waals surface area contributed by atoms with Gasteiger partial charge in [-0.25, -0.2) is 4.98 Å². The fraction of sp³-hybridized carbons (Fsp3) is 0.222. The summed E-state index contributed by atoms with van der Waals surface area (Å²) in [4.78, 5) is 5.46. The standard InChI is InChI=1S/C9H9ClN2S2/c1-6-2-3-13-7(6)4-11-8-5-14-9(10)12-8/h2-3,5,11H,4H2,1H3. The molecule has 0 unspecified atom stereocenters. The molecule has 0 aliphatic rings. The summed E-state index contributed by atoms with van der Waals surface area (Å²) in [7, 11) is 0. The lowest BCUT2D eigenvalue weighted by molar-refractivity contribution is 1.14. The van der Waals surface area contributed by atoms with Crippen LogP contribution in [0.15, 0.2) is 16.8 Å². The van der Waals surface area contributed by atoms with Gasteiger partial charge in [0.25, 0.3) is 0 Å². The molecule has 0 spiro atoms. The van der Waals surface area contributed by atoms with E-state index in [4.69, 9.17) is 11.6 Å². The van der Waals surface area contributed by atoms with E-state index in [1.807, 2.05) is 5.38 Å². The number of halogens is 1. The lowest BCUT2D eigenvalue weighted by Gasteiger charge is -2.00. The molecule has 0 bridgehead atoms. The molecule has 0 saturated heterocycles. The molecule has 5 heteroatoms. The Morgan fingerprint density at radius 3 is 2.93 bits per heavy atom. The summed E-state index contributed by atoms with van der Waals surface area (Å²) >= 11 is 8.92. The molecule has 74 valence electrons. The van der Waals surface area contributed by atoms with Crippen molar-refractivity contribution in [2.24, 2.45) is 0 Å². The first kappa shape index (κ1) is 9.96. The van der Waals surface area contributed by atoms with Gasteiger partial charge in [0.2, 0.25) is 0 Å². The zero-order chi connectivity index (χ0) is 9.97. The van der Waals surface area contributed by atoms with E-state index in [9.17, 15) is 0 Å². The van der Waals surface area contributed by atoms with Crippen LogP contribution in [0.5, 0.6) is 0 Å². The van der Waals surface area contributed by atoms with Gasteiger partial charge >= 0.3 is 0 Å². The van der Waals surface area contributed by atoms with Crippen LogP contribution in [-0.2, 0) is 6.54 Å². The van der Waals surface area contributed by atoms with Gasteiger partial charge in [0, 0.05) is 10.3 Å². The van der Waals surface area contributed by atoms with Crippen LogP contribution < -0.4 is 5.32 Å². The third kappa shape index (κ3) is 2.26. The molecule has 0 fully saturated rings. The summed E-state index contributed by atoms with van der Waals surface area (Å²) in [5.41, 5.74) is 1.32. The van der Waals surface area contributed by atoms with Crippen LogP contribution in [0.25, 0.3) is 0 Å². The molecule has 0 aromatic carbocycles. The van der Waals surface area contributed by atoms with Crippen molar-refractivity contribution < 1.29 is 0 Å². The second kappa shape index (κ2) is 4.29. The summed E-state index contributed by atoms with van der Waals surface area (Å²) in [5, 5.41) is 7.25. The predicted molar refractivity (Wildman–Crippen MR) is 63.5 cm³/mol. The Labute approximate surface area is 95.6 Å². The number of thiazole rings is 1. The molecule has 2 aromatic heterocycles. The molecule has 0 atom stereocenters. The van der Waals surface area contributed by atoms with Crippen molar-refractivity contribution in [3.05, 3.63) is 31.7 Å². The molecule has 0 saturated carbocycles. The van der Waals surface area contributed by atoms with Gasteiger partial charge in [0.1, 0.15) is 5.82 Å². The predicted octanol–water partition coefficient (Wildman–Crippen LogP) is 3.78. The van der Waals surface area contributed by atoms with Gasteiger partial charge in [-0.1, -0.05) is 11.6 Å². The summed E-state index contributed by atoms with van der Waals surface area (Å²) in [6.07, 6.45) is 0. The molecule has 2 nitrogen and oxygen atoms in total. The fourth-order valence-corrected chi connectivity index (χ4v) is 2.66. The topological polar surface area (TPSA) is 24.9 Å². The maximum absolute atomic E-state index is 5.72. The van der Waals surface area contributed by atoms with E-state index in [0.717, 1.165) is 12.4 Å². The maximum Gasteiger partial charge on any atom is 0.185 e. The molecule has 0 radical (unpaired) electrons. The molecule has 2 aromatic rings. The minimum absolute atomic E-state index is 0.579. The van der Waals surface area contributed by atoms with Gasteiger partial charge in [-0.2, -0.15) is 0 Å². The Kier molecular flexibility index (Phi) is 3.05. The van der Waals surface area contributed by atoms with E-state index in [0.29, 0.717) is 4.47 Å². The first-order chi connectivity index (χ1) is 6.75. The Hall–Kier alpha value is -0.580. The van der Waals surface area contributed by atoms with Crippen molar-refractivity contribution in [3.63, 3.8) is 0 Å². The molecule has 0 aliphatic carbocycles. The fourth-order valence-electron chi connectivity index (χ4n) is 1.09. The van der Waals surface area contributed by atoms with Gasteiger partial charge in [0.15, 0.2) is 4.47 Å². The highest BCUT2D eigenvalue weighted by molar-refractivity contribution is 7.14. The van der Waals surface area contributed by atoms with Gasteiger partial charge in [-0.05, 0) is 23.9 Å². The number of nitrogens with one attached hydrogen (secondary N) is 1. The largest absolute Gasteiger partial charge is 0.364 e. The Morgan fingerprint density at radius 2 is 2.36 bits per heavy atom. The van der Waals surface area contributed by atoms with Gasteiger partial charge < -0.3 is 5.32 Å². The number of rotatable bonds is 3. The lowest BCUT2D eigenvalue weighted by atomic mass is 10.3. The smallest absolute Gasteiger partial charge is 0.185 e. The van der Waals surface area contributed by atoms with Crippen molar-refractivity contribution in [3.8, 4) is 0 Å². The third-order valence-corrected chi connectivity index (χ3v) is 3.88. The number of hydrogen-bond donors (Lipinski definition) is 1. The number of aryl methyl sites for hydroxylation is 1. The van der Waals surface area contributed by atoms with Crippen LogP contribution in [0, 0.1) is 6.92 Å². The zero-order valence-corrected chi connectivity index (χ0v) is 9.97. The first-order valence-corrected chi connectivity index (χ1v) is 6.27. The van der Waals surface area contributed by atoms with Crippen LogP contribution in [0.2, 0.25) is 4.47 Å². The second-order valence-corrected chi connectivity index (χ2v) is 5.31. The summed E-state index contributed by atoms with van der Waals surface area (Å²) in [6, 6.07) is 2.12. The minimum Gasteiger partial charge on any atom is -0.364 e. The van der Waals surface area contributed by atoms with E-state index < -0.39 is 0 Å². The number of nitrogens with zero attached hydrogens (tertiary/aromatic N) is 1. The maximum atomic E-state index is 5.72. The molecule has 14 heavy (non-hydrogen) atoms. The van der Waals surface area contributed by atoms with Crippen molar-refractivity contribution in [2.45, 2.75) is 13.5 Å². The normalized spacial score (nSPS) is 10.4. The van der Waals surface area contributed by atoms with Crippen molar-refractivity contribution in [2.75, 3.05) is 5.32 Å². The number of hydrogen-bond acceptors (Lipinski definition) is 4. The Balaban J connectivity index is 1.98. The molecular weight excluding hydrogens is 236 g/mol. The highest BCUT2D eigenvalue weighted by Crippen LogP contribution is 2.21. The van der Waals surface area contributed by atoms with Gasteiger partial charge in [0.05, 0.1) is 6.54 Å². The van der Waals surface area contributed by atoms with Crippen molar-refractivity contribution >= 4 is 40.1 Å². The van der Waals surface area contributed by atoms with Crippen molar-refractivity contribution in [1.29, 1.82) is 0 Å². The van der Waals surface area contributed by atoms with Crippen LogP contribution in [0.4, 0.5) is 5.82 Å². The third-order valence-electron chi connectivity index (χ3n) is 1.87. The molecule has 2 rings (SSSR count). The average Bonchev–Trinajstić information content (AvgIpc) is 2.72. The van der Waals surface area contributed by atoms with Crippen LogP contribution in [-0.4, -0.2) is 4.98 Å². The summed E-state index contributed by atoms with van der Waals surface area (Å²) in [6.45, 7) is 2.94.